The topological polar surface area (TPSA) is 55.0 Å². The van der Waals surface area contributed by atoms with Crippen molar-refractivity contribution in [3.8, 4) is 0 Å². The molecule has 1 atom stereocenters. The fourth-order valence-corrected chi connectivity index (χ4v) is 2.86. The maximum atomic E-state index is 6.02. The van der Waals surface area contributed by atoms with Crippen LogP contribution in [0.2, 0.25) is 0 Å². The van der Waals surface area contributed by atoms with Gasteiger partial charge in [-0.2, -0.15) is 0 Å². The number of nitrogens with two attached hydrogens (primary N) is 1. The minimum atomic E-state index is 0.614. The Morgan fingerprint density at radius 2 is 2.17 bits per heavy atom. The lowest BCUT2D eigenvalue weighted by atomic mass is 9.99. The van der Waals surface area contributed by atoms with Crippen LogP contribution in [0, 0.1) is 0 Å². The monoisotopic (exact) mass is 248 g/mol. The molecule has 0 spiro atoms. The molecule has 2 heterocycles. The van der Waals surface area contributed by atoms with Crippen molar-refractivity contribution in [2.24, 2.45) is 0 Å². The van der Waals surface area contributed by atoms with Crippen molar-refractivity contribution in [2.75, 3.05) is 17.2 Å². The van der Waals surface area contributed by atoms with E-state index in [0.717, 1.165) is 30.8 Å². The average molecular weight is 248 g/mol. The van der Waals surface area contributed by atoms with Gasteiger partial charge in [0, 0.05) is 18.2 Å². The number of piperidine rings is 1. The minimum Gasteiger partial charge on any atom is -0.383 e. The second-order valence-corrected chi connectivity index (χ2v) is 5.06. The van der Waals surface area contributed by atoms with Gasteiger partial charge in [0.05, 0.1) is 0 Å². The Hall–Kier alpha value is -1.32. The van der Waals surface area contributed by atoms with E-state index in [9.17, 15) is 0 Å². The molecule has 2 rings (SSSR count). The van der Waals surface area contributed by atoms with Crippen LogP contribution in [0.1, 0.15) is 51.5 Å². The largest absolute Gasteiger partial charge is 0.383 e. The highest BCUT2D eigenvalue weighted by atomic mass is 15.2. The molecule has 1 aromatic heterocycles. The molecular weight excluding hydrogens is 224 g/mol. The molecule has 1 saturated heterocycles. The van der Waals surface area contributed by atoms with Gasteiger partial charge in [-0.25, -0.2) is 9.97 Å². The first-order valence-electron chi connectivity index (χ1n) is 7.13. The molecule has 1 aliphatic rings. The molecule has 0 aromatic carbocycles. The third-order valence-corrected chi connectivity index (χ3v) is 3.83. The lowest BCUT2D eigenvalue weighted by Crippen LogP contribution is -2.40. The summed E-state index contributed by atoms with van der Waals surface area (Å²) < 4.78 is 0. The predicted molar refractivity (Wildman–Crippen MR) is 75.7 cm³/mol. The molecule has 2 N–H and O–H groups in total. The number of nitrogen functional groups attached to an aromatic ring is 1. The molecule has 1 aliphatic heterocycles. The van der Waals surface area contributed by atoms with Crippen LogP contribution < -0.4 is 10.6 Å². The lowest BCUT2D eigenvalue weighted by molar-refractivity contribution is 0.445. The van der Waals surface area contributed by atoms with E-state index < -0.39 is 0 Å². The smallest absolute Gasteiger partial charge is 0.137 e. The summed E-state index contributed by atoms with van der Waals surface area (Å²) in [6.45, 7) is 5.53. The summed E-state index contributed by atoms with van der Waals surface area (Å²) >= 11 is 0. The quantitative estimate of drug-likeness (QED) is 0.890. The van der Waals surface area contributed by atoms with Gasteiger partial charge in [0.2, 0.25) is 0 Å². The van der Waals surface area contributed by atoms with Crippen molar-refractivity contribution >= 4 is 11.6 Å². The zero-order valence-corrected chi connectivity index (χ0v) is 11.5. The first kappa shape index (κ1) is 13.1. The average Bonchev–Trinajstić information content (AvgIpc) is 2.41. The van der Waals surface area contributed by atoms with Crippen LogP contribution in [0.25, 0.3) is 0 Å². The van der Waals surface area contributed by atoms with Crippen LogP contribution in [0.5, 0.6) is 0 Å². The normalized spacial score (nSPS) is 20.1. The van der Waals surface area contributed by atoms with E-state index in [1.54, 1.807) is 6.33 Å². The van der Waals surface area contributed by atoms with Crippen molar-refractivity contribution in [3.05, 3.63) is 11.9 Å². The zero-order valence-electron chi connectivity index (χ0n) is 11.5. The van der Waals surface area contributed by atoms with Crippen LogP contribution in [0.3, 0.4) is 0 Å². The van der Waals surface area contributed by atoms with E-state index in [0.29, 0.717) is 11.9 Å². The maximum Gasteiger partial charge on any atom is 0.137 e. The molecular formula is C14H24N4. The van der Waals surface area contributed by atoms with Gasteiger partial charge in [0.15, 0.2) is 0 Å². The third kappa shape index (κ3) is 2.57. The van der Waals surface area contributed by atoms with Gasteiger partial charge in [-0.1, -0.05) is 20.3 Å². The molecule has 100 valence electrons. The van der Waals surface area contributed by atoms with Crippen LogP contribution in [0.4, 0.5) is 11.6 Å². The molecule has 1 aromatic rings. The summed E-state index contributed by atoms with van der Waals surface area (Å²) in [5, 5.41) is 0. The molecule has 1 fully saturated rings. The Bertz CT molecular complexity index is 391. The Kier molecular flexibility index (Phi) is 4.39. The standard InChI is InChI=1S/C14H24N4/c1-3-7-12-13(15)16-10-17-14(12)18-9-6-5-8-11(18)4-2/h10-11H,3-9H2,1-2H3,(H2,15,16,17). The Balaban J connectivity index is 2.33. The molecule has 0 aliphatic carbocycles. The van der Waals surface area contributed by atoms with E-state index in [-0.39, 0.29) is 0 Å². The van der Waals surface area contributed by atoms with Gasteiger partial charge in [0.25, 0.3) is 0 Å². The Labute approximate surface area is 110 Å². The van der Waals surface area contributed by atoms with Crippen molar-refractivity contribution in [3.63, 3.8) is 0 Å². The van der Waals surface area contributed by atoms with Crippen molar-refractivity contribution < 1.29 is 0 Å². The molecule has 18 heavy (non-hydrogen) atoms. The van der Waals surface area contributed by atoms with Crippen LogP contribution in [-0.2, 0) is 6.42 Å². The summed E-state index contributed by atoms with van der Waals surface area (Å²) in [5.41, 5.74) is 7.16. The van der Waals surface area contributed by atoms with Crippen LogP contribution in [-0.4, -0.2) is 22.6 Å². The first-order valence-corrected chi connectivity index (χ1v) is 7.13. The molecule has 0 radical (unpaired) electrons. The van der Waals surface area contributed by atoms with Crippen molar-refractivity contribution in [1.82, 2.24) is 9.97 Å². The van der Waals surface area contributed by atoms with E-state index in [4.69, 9.17) is 5.73 Å². The van der Waals surface area contributed by atoms with Gasteiger partial charge in [-0.3, -0.25) is 0 Å². The summed E-state index contributed by atoms with van der Waals surface area (Å²) in [5.74, 6) is 1.73. The summed E-state index contributed by atoms with van der Waals surface area (Å²) in [7, 11) is 0. The van der Waals surface area contributed by atoms with Crippen molar-refractivity contribution in [2.45, 2.75) is 58.4 Å². The van der Waals surface area contributed by atoms with Gasteiger partial charge in [0.1, 0.15) is 18.0 Å². The third-order valence-electron chi connectivity index (χ3n) is 3.83. The Morgan fingerprint density at radius 1 is 1.33 bits per heavy atom. The molecule has 4 heteroatoms. The predicted octanol–water partition coefficient (Wildman–Crippen LogP) is 2.78. The summed E-state index contributed by atoms with van der Waals surface area (Å²) in [4.78, 5) is 11.1. The second-order valence-electron chi connectivity index (χ2n) is 5.06. The number of nitrogens with zero attached hydrogens (tertiary/aromatic N) is 3. The van der Waals surface area contributed by atoms with E-state index in [1.807, 2.05) is 0 Å². The number of rotatable bonds is 4. The molecule has 0 bridgehead atoms. The molecule has 4 nitrogen and oxygen atoms in total. The molecule has 0 amide bonds. The summed E-state index contributed by atoms with van der Waals surface area (Å²) in [6, 6.07) is 0.614. The fraction of sp³-hybridized carbons (Fsp3) is 0.714. The highest BCUT2D eigenvalue weighted by molar-refractivity contribution is 5.57. The number of hydrogen-bond acceptors (Lipinski definition) is 4. The Morgan fingerprint density at radius 3 is 2.89 bits per heavy atom. The number of hydrogen-bond donors (Lipinski definition) is 1. The van der Waals surface area contributed by atoms with E-state index in [1.165, 1.54) is 25.7 Å². The lowest BCUT2D eigenvalue weighted by Gasteiger charge is -2.37. The highest BCUT2D eigenvalue weighted by Crippen LogP contribution is 2.30. The second kappa shape index (κ2) is 6.03. The molecule has 0 saturated carbocycles. The first-order chi connectivity index (χ1) is 8.77. The van der Waals surface area contributed by atoms with Crippen molar-refractivity contribution in [1.29, 1.82) is 0 Å². The zero-order chi connectivity index (χ0) is 13.0. The fourth-order valence-electron chi connectivity index (χ4n) is 2.86. The van der Waals surface area contributed by atoms with Crippen LogP contribution in [0.15, 0.2) is 6.33 Å². The van der Waals surface area contributed by atoms with E-state index in [2.05, 4.69) is 28.7 Å². The van der Waals surface area contributed by atoms with Gasteiger partial charge in [-0.15, -0.1) is 0 Å². The highest BCUT2D eigenvalue weighted by Gasteiger charge is 2.24. The maximum absolute atomic E-state index is 6.02. The van der Waals surface area contributed by atoms with Gasteiger partial charge in [-0.05, 0) is 32.1 Å². The summed E-state index contributed by atoms with van der Waals surface area (Å²) in [6.07, 6.45) is 8.68. The number of anilines is 2. The van der Waals surface area contributed by atoms with Crippen LogP contribution >= 0.6 is 0 Å². The van der Waals surface area contributed by atoms with Gasteiger partial charge < -0.3 is 10.6 Å². The van der Waals surface area contributed by atoms with E-state index >= 15 is 0 Å². The SMILES string of the molecule is CCCc1c(N)ncnc1N1CCCCC1CC. The minimum absolute atomic E-state index is 0.614. The molecule has 1 unspecified atom stereocenters. The number of aromatic nitrogens is 2. The van der Waals surface area contributed by atoms with Gasteiger partial charge >= 0.3 is 0 Å².